The third kappa shape index (κ3) is 1.63. The highest BCUT2D eigenvalue weighted by atomic mass is 15.0. The highest BCUT2D eigenvalue weighted by Crippen LogP contribution is 2.08. The Morgan fingerprint density at radius 3 is 3.00 bits per heavy atom. The summed E-state index contributed by atoms with van der Waals surface area (Å²) in [7, 11) is 1.96. The SMILES string of the molecule is CNCCc1cn2c(C)cccc2n1. The van der Waals surface area contributed by atoms with E-state index in [1.807, 2.05) is 19.2 Å². The average molecular weight is 189 g/mol. The third-order valence-electron chi connectivity index (χ3n) is 2.38. The lowest BCUT2D eigenvalue weighted by atomic mass is 10.3. The van der Waals surface area contributed by atoms with E-state index in [9.17, 15) is 0 Å². The third-order valence-corrected chi connectivity index (χ3v) is 2.38. The van der Waals surface area contributed by atoms with Crippen molar-refractivity contribution in [2.24, 2.45) is 0 Å². The smallest absolute Gasteiger partial charge is 0.137 e. The fourth-order valence-electron chi connectivity index (χ4n) is 1.57. The van der Waals surface area contributed by atoms with E-state index in [1.54, 1.807) is 0 Å². The zero-order chi connectivity index (χ0) is 9.97. The summed E-state index contributed by atoms with van der Waals surface area (Å²) in [4.78, 5) is 4.53. The summed E-state index contributed by atoms with van der Waals surface area (Å²) >= 11 is 0. The van der Waals surface area contributed by atoms with Crippen molar-refractivity contribution < 1.29 is 0 Å². The molecule has 1 N–H and O–H groups in total. The van der Waals surface area contributed by atoms with Crippen molar-refractivity contribution in [1.29, 1.82) is 0 Å². The van der Waals surface area contributed by atoms with E-state index in [0.29, 0.717) is 0 Å². The van der Waals surface area contributed by atoms with Crippen LogP contribution < -0.4 is 5.32 Å². The second-order valence-electron chi connectivity index (χ2n) is 3.48. The van der Waals surface area contributed by atoms with Crippen molar-refractivity contribution in [2.45, 2.75) is 13.3 Å². The monoisotopic (exact) mass is 189 g/mol. The van der Waals surface area contributed by atoms with Gasteiger partial charge in [0.15, 0.2) is 0 Å². The fourth-order valence-corrected chi connectivity index (χ4v) is 1.57. The van der Waals surface area contributed by atoms with E-state index in [2.05, 4.69) is 33.9 Å². The minimum atomic E-state index is 0.975. The molecule has 2 aromatic rings. The van der Waals surface area contributed by atoms with E-state index < -0.39 is 0 Å². The quantitative estimate of drug-likeness (QED) is 0.791. The predicted molar refractivity (Wildman–Crippen MR) is 57.6 cm³/mol. The van der Waals surface area contributed by atoms with Gasteiger partial charge in [0.2, 0.25) is 0 Å². The van der Waals surface area contributed by atoms with Gasteiger partial charge in [0, 0.05) is 24.9 Å². The summed E-state index contributed by atoms with van der Waals surface area (Å²) < 4.78 is 2.13. The Balaban J connectivity index is 2.36. The molecule has 2 aromatic heterocycles. The van der Waals surface area contributed by atoms with Crippen LogP contribution in [0.4, 0.5) is 0 Å². The van der Waals surface area contributed by atoms with Crippen molar-refractivity contribution in [3.8, 4) is 0 Å². The lowest BCUT2D eigenvalue weighted by Gasteiger charge is -1.96. The number of aromatic nitrogens is 2. The van der Waals surface area contributed by atoms with Crippen LogP contribution in [-0.4, -0.2) is 23.0 Å². The summed E-state index contributed by atoms with van der Waals surface area (Å²) in [6, 6.07) is 6.17. The number of likely N-dealkylation sites (N-methyl/N-ethyl adjacent to an activating group) is 1. The zero-order valence-electron chi connectivity index (χ0n) is 8.62. The molecule has 0 amide bonds. The van der Waals surface area contributed by atoms with Crippen molar-refractivity contribution in [1.82, 2.24) is 14.7 Å². The minimum Gasteiger partial charge on any atom is -0.319 e. The average Bonchev–Trinajstić information content (AvgIpc) is 2.59. The van der Waals surface area contributed by atoms with E-state index in [0.717, 1.165) is 24.3 Å². The van der Waals surface area contributed by atoms with E-state index in [1.165, 1.54) is 5.69 Å². The Morgan fingerprint density at radius 2 is 2.29 bits per heavy atom. The van der Waals surface area contributed by atoms with Crippen molar-refractivity contribution >= 4 is 5.65 Å². The number of aryl methyl sites for hydroxylation is 1. The summed E-state index contributed by atoms with van der Waals surface area (Å²) in [5, 5.41) is 3.13. The zero-order valence-corrected chi connectivity index (χ0v) is 8.62. The molecule has 3 heteroatoms. The predicted octanol–water partition coefficient (Wildman–Crippen LogP) is 1.40. The van der Waals surface area contributed by atoms with Crippen LogP contribution in [0.2, 0.25) is 0 Å². The first kappa shape index (κ1) is 9.21. The fraction of sp³-hybridized carbons (Fsp3) is 0.364. The highest BCUT2D eigenvalue weighted by molar-refractivity contribution is 5.41. The number of pyridine rings is 1. The van der Waals surface area contributed by atoms with Gasteiger partial charge in [-0.15, -0.1) is 0 Å². The first-order chi connectivity index (χ1) is 6.81. The van der Waals surface area contributed by atoms with Gasteiger partial charge in [0.1, 0.15) is 5.65 Å². The molecule has 0 aromatic carbocycles. The molecule has 0 fully saturated rings. The molecule has 74 valence electrons. The summed E-state index contributed by atoms with van der Waals surface area (Å²) in [5.41, 5.74) is 3.41. The van der Waals surface area contributed by atoms with E-state index >= 15 is 0 Å². The first-order valence-corrected chi connectivity index (χ1v) is 4.89. The van der Waals surface area contributed by atoms with Crippen LogP contribution in [0.15, 0.2) is 24.4 Å². The molecule has 0 aliphatic heterocycles. The van der Waals surface area contributed by atoms with Crippen LogP contribution in [0.25, 0.3) is 5.65 Å². The van der Waals surface area contributed by atoms with Gasteiger partial charge in [-0.2, -0.15) is 0 Å². The van der Waals surface area contributed by atoms with Crippen LogP contribution in [0.5, 0.6) is 0 Å². The molecule has 0 saturated heterocycles. The Labute approximate surface area is 83.8 Å². The standard InChI is InChI=1S/C11H15N3/c1-9-4-3-5-11-13-10(6-7-12-2)8-14(9)11/h3-5,8,12H,6-7H2,1-2H3. The second-order valence-corrected chi connectivity index (χ2v) is 3.48. The molecule has 0 saturated carbocycles. The molecular formula is C11H15N3. The van der Waals surface area contributed by atoms with Crippen molar-refractivity contribution in [2.75, 3.05) is 13.6 Å². The van der Waals surface area contributed by atoms with Gasteiger partial charge < -0.3 is 9.72 Å². The van der Waals surface area contributed by atoms with Crippen LogP contribution in [0.3, 0.4) is 0 Å². The topological polar surface area (TPSA) is 29.3 Å². The number of imidazole rings is 1. The molecule has 0 spiro atoms. The Kier molecular flexibility index (Phi) is 2.50. The van der Waals surface area contributed by atoms with Gasteiger partial charge in [-0.25, -0.2) is 4.98 Å². The number of hydrogen-bond donors (Lipinski definition) is 1. The summed E-state index contributed by atoms with van der Waals surface area (Å²) in [5.74, 6) is 0. The molecule has 14 heavy (non-hydrogen) atoms. The molecule has 2 heterocycles. The molecule has 3 nitrogen and oxygen atoms in total. The van der Waals surface area contributed by atoms with E-state index in [-0.39, 0.29) is 0 Å². The lowest BCUT2D eigenvalue weighted by Crippen LogP contribution is -2.10. The molecular weight excluding hydrogens is 174 g/mol. The van der Waals surface area contributed by atoms with Crippen molar-refractivity contribution in [3.05, 3.63) is 35.8 Å². The normalized spacial score (nSPS) is 11.0. The lowest BCUT2D eigenvalue weighted by molar-refractivity contribution is 0.780. The van der Waals surface area contributed by atoms with Crippen LogP contribution >= 0.6 is 0 Å². The maximum atomic E-state index is 4.53. The van der Waals surface area contributed by atoms with Gasteiger partial charge in [-0.3, -0.25) is 0 Å². The maximum Gasteiger partial charge on any atom is 0.137 e. The number of nitrogens with one attached hydrogen (secondary N) is 1. The summed E-state index contributed by atoms with van der Waals surface area (Å²) in [6.45, 7) is 3.07. The van der Waals surface area contributed by atoms with Gasteiger partial charge in [0.05, 0.1) is 5.69 Å². The molecule has 2 rings (SSSR count). The highest BCUT2D eigenvalue weighted by Gasteiger charge is 2.01. The second kappa shape index (κ2) is 3.80. The van der Waals surface area contributed by atoms with Gasteiger partial charge in [0.25, 0.3) is 0 Å². The van der Waals surface area contributed by atoms with Gasteiger partial charge in [-0.05, 0) is 26.1 Å². The molecule has 0 radical (unpaired) electrons. The number of nitrogens with zero attached hydrogens (tertiary/aromatic N) is 2. The Hall–Kier alpha value is -1.35. The van der Waals surface area contributed by atoms with Gasteiger partial charge in [-0.1, -0.05) is 6.07 Å². The molecule has 0 aliphatic carbocycles. The Bertz CT molecular complexity index is 431. The molecule has 0 atom stereocenters. The number of fused-ring (bicyclic) bond motifs is 1. The first-order valence-electron chi connectivity index (χ1n) is 4.89. The minimum absolute atomic E-state index is 0.975. The molecule has 0 unspecified atom stereocenters. The van der Waals surface area contributed by atoms with Crippen LogP contribution in [-0.2, 0) is 6.42 Å². The van der Waals surface area contributed by atoms with Crippen LogP contribution in [0, 0.1) is 6.92 Å². The van der Waals surface area contributed by atoms with Crippen molar-refractivity contribution in [3.63, 3.8) is 0 Å². The number of hydrogen-bond acceptors (Lipinski definition) is 2. The molecule has 0 bridgehead atoms. The number of rotatable bonds is 3. The Morgan fingerprint density at radius 1 is 1.43 bits per heavy atom. The maximum absolute atomic E-state index is 4.53. The van der Waals surface area contributed by atoms with Crippen LogP contribution in [0.1, 0.15) is 11.4 Å². The van der Waals surface area contributed by atoms with Gasteiger partial charge >= 0.3 is 0 Å². The summed E-state index contributed by atoms with van der Waals surface area (Å²) in [6.07, 6.45) is 3.10. The largest absolute Gasteiger partial charge is 0.319 e. The van der Waals surface area contributed by atoms with E-state index in [4.69, 9.17) is 0 Å². The molecule has 0 aliphatic rings.